The van der Waals surface area contributed by atoms with Gasteiger partial charge in [0.1, 0.15) is 24.3 Å². The highest BCUT2D eigenvalue weighted by atomic mass is 19.2. The van der Waals surface area contributed by atoms with Crippen LogP contribution in [0.15, 0.2) is 12.7 Å². The Hall–Kier alpha value is -1.84. The van der Waals surface area contributed by atoms with Gasteiger partial charge in [-0.3, -0.25) is 4.57 Å². The van der Waals surface area contributed by atoms with Crippen LogP contribution in [0, 0.1) is 0 Å². The summed E-state index contributed by atoms with van der Waals surface area (Å²) >= 11 is 0. The zero-order valence-electron chi connectivity index (χ0n) is 9.77. The number of aliphatic hydroxyl groups is 2. The smallest absolute Gasteiger partial charge is 0.322 e. The number of nitrogen functional groups attached to an aromatic ring is 1. The Bertz CT molecular complexity index is 620. The van der Waals surface area contributed by atoms with Gasteiger partial charge in [0.05, 0.1) is 12.7 Å². The Kier molecular flexibility index (Phi) is 2.62. The predicted molar refractivity (Wildman–Crippen MR) is 61.4 cm³/mol. The Balaban J connectivity index is 2.12. The van der Waals surface area contributed by atoms with Gasteiger partial charge in [-0.05, 0) is 0 Å². The average molecular weight is 269 g/mol. The second-order valence-corrected chi connectivity index (χ2v) is 4.33. The fourth-order valence-corrected chi connectivity index (χ4v) is 2.16. The van der Waals surface area contributed by atoms with Gasteiger partial charge in [0.15, 0.2) is 11.5 Å². The molecular formula is C10H12FN5O3. The lowest BCUT2D eigenvalue weighted by Crippen LogP contribution is -2.38. The van der Waals surface area contributed by atoms with E-state index in [0.29, 0.717) is 0 Å². The van der Waals surface area contributed by atoms with Crippen molar-refractivity contribution in [1.82, 2.24) is 19.5 Å². The number of nitrogens with zero attached hydrogens (tertiary/aromatic N) is 4. The normalized spacial score (nSPS) is 31.1. The number of anilines is 1. The van der Waals surface area contributed by atoms with Gasteiger partial charge in [0.25, 0.3) is 0 Å². The van der Waals surface area contributed by atoms with Crippen molar-refractivity contribution in [1.29, 1.82) is 0 Å². The summed E-state index contributed by atoms with van der Waals surface area (Å²) in [6.45, 7) is -0.382. The molecule has 1 aliphatic heterocycles. The molecule has 0 aliphatic carbocycles. The summed E-state index contributed by atoms with van der Waals surface area (Å²) < 4.78 is 20.8. The number of hydrogen-bond acceptors (Lipinski definition) is 7. The van der Waals surface area contributed by atoms with Crippen LogP contribution in [0.3, 0.4) is 0 Å². The van der Waals surface area contributed by atoms with Crippen molar-refractivity contribution in [2.75, 3.05) is 12.3 Å². The zero-order chi connectivity index (χ0) is 13.6. The maximum atomic E-state index is 14.8. The average Bonchev–Trinajstić information content (AvgIpc) is 2.94. The summed E-state index contributed by atoms with van der Waals surface area (Å²) in [7, 11) is 0. The van der Waals surface area contributed by atoms with Crippen LogP contribution in [0.5, 0.6) is 0 Å². The molecule has 2 aromatic rings. The molecule has 0 spiro atoms. The third-order valence-electron chi connectivity index (χ3n) is 3.12. The third-order valence-corrected chi connectivity index (χ3v) is 3.12. The molecule has 0 radical (unpaired) electrons. The van der Waals surface area contributed by atoms with E-state index < -0.39 is 18.2 Å². The van der Waals surface area contributed by atoms with E-state index in [1.54, 1.807) is 0 Å². The maximum Gasteiger partial charge on any atom is 0.322 e. The largest absolute Gasteiger partial charge is 0.394 e. The van der Waals surface area contributed by atoms with Crippen molar-refractivity contribution >= 4 is 17.0 Å². The van der Waals surface area contributed by atoms with Crippen LogP contribution in [0.4, 0.5) is 10.2 Å². The van der Waals surface area contributed by atoms with Gasteiger partial charge in [-0.2, -0.15) is 4.39 Å². The maximum absolute atomic E-state index is 14.8. The fraction of sp³-hybridized carbons (Fsp3) is 0.500. The lowest BCUT2D eigenvalue weighted by Gasteiger charge is -2.24. The highest BCUT2D eigenvalue weighted by Gasteiger charge is 2.51. The minimum atomic E-state index is -2.52. The fourth-order valence-electron chi connectivity index (χ4n) is 2.16. The second-order valence-electron chi connectivity index (χ2n) is 4.33. The molecule has 3 heterocycles. The highest BCUT2D eigenvalue weighted by Crippen LogP contribution is 2.38. The number of halogens is 1. The minimum Gasteiger partial charge on any atom is -0.394 e. The van der Waals surface area contributed by atoms with Crippen LogP contribution in [0.1, 0.15) is 6.42 Å². The van der Waals surface area contributed by atoms with Gasteiger partial charge in [-0.1, -0.05) is 0 Å². The quantitative estimate of drug-likeness (QED) is 0.648. The number of imidazole rings is 1. The SMILES string of the molecule is Nc1ncnc2c1ncn2[C@]1(F)O[C@H](CO)C[C@H]1O. The Morgan fingerprint density at radius 3 is 3.00 bits per heavy atom. The first-order valence-electron chi connectivity index (χ1n) is 5.66. The summed E-state index contributed by atoms with van der Waals surface area (Å²) in [5, 5.41) is 18.8. The summed E-state index contributed by atoms with van der Waals surface area (Å²) in [5.41, 5.74) is 5.95. The van der Waals surface area contributed by atoms with Crippen molar-refractivity contribution in [2.45, 2.75) is 24.6 Å². The van der Waals surface area contributed by atoms with E-state index in [-0.39, 0.29) is 30.0 Å². The van der Waals surface area contributed by atoms with Crippen LogP contribution >= 0.6 is 0 Å². The van der Waals surface area contributed by atoms with Gasteiger partial charge in [-0.25, -0.2) is 15.0 Å². The molecule has 0 saturated carbocycles. The molecule has 0 bridgehead atoms. The molecule has 3 atom stereocenters. The molecule has 0 unspecified atom stereocenters. The van der Waals surface area contributed by atoms with E-state index in [4.69, 9.17) is 15.6 Å². The number of aromatic nitrogens is 4. The predicted octanol–water partition coefficient (Wildman–Crippen LogP) is -0.870. The molecule has 1 fully saturated rings. The Morgan fingerprint density at radius 2 is 2.32 bits per heavy atom. The molecule has 102 valence electrons. The minimum absolute atomic E-state index is 0.0206. The van der Waals surface area contributed by atoms with Crippen molar-refractivity contribution in [3.05, 3.63) is 12.7 Å². The number of ether oxygens (including phenoxy) is 1. The van der Waals surface area contributed by atoms with Crippen LogP contribution in [0.2, 0.25) is 0 Å². The van der Waals surface area contributed by atoms with Crippen LogP contribution < -0.4 is 5.73 Å². The molecule has 19 heavy (non-hydrogen) atoms. The molecule has 3 rings (SSSR count). The molecule has 1 aliphatic rings. The van der Waals surface area contributed by atoms with Crippen LogP contribution in [-0.4, -0.2) is 48.5 Å². The molecule has 8 nitrogen and oxygen atoms in total. The van der Waals surface area contributed by atoms with Gasteiger partial charge in [0, 0.05) is 6.42 Å². The Morgan fingerprint density at radius 1 is 1.53 bits per heavy atom. The first kappa shape index (κ1) is 12.2. The first-order chi connectivity index (χ1) is 9.06. The van der Waals surface area contributed by atoms with E-state index in [1.807, 2.05) is 0 Å². The number of alkyl halides is 1. The van der Waals surface area contributed by atoms with Crippen molar-refractivity contribution in [2.24, 2.45) is 0 Å². The van der Waals surface area contributed by atoms with Crippen molar-refractivity contribution in [3.8, 4) is 0 Å². The lowest BCUT2D eigenvalue weighted by molar-refractivity contribution is -0.235. The van der Waals surface area contributed by atoms with E-state index in [9.17, 15) is 9.50 Å². The van der Waals surface area contributed by atoms with Gasteiger partial charge < -0.3 is 20.7 Å². The van der Waals surface area contributed by atoms with Gasteiger partial charge >= 0.3 is 5.98 Å². The molecule has 9 heteroatoms. The molecular weight excluding hydrogens is 257 g/mol. The summed E-state index contributed by atoms with van der Waals surface area (Å²) in [6, 6.07) is 0. The third kappa shape index (κ3) is 1.66. The van der Waals surface area contributed by atoms with E-state index in [1.165, 1.54) is 6.33 Å². The highest BCUT2D eigenvalue weighted by molar-refractivity contribution is 5.81. The number of nitrogens with two attached hydrogens (primary N) is 1. The number of rotatable bonds is 2. The van der Waals surface area contributed by atoms with E-state index in [0.717, 1.165) is 10.9 Å². The lowest BCUT2D eigenvalue weighted by atomic mass is 10.2. The van der Waals surface area contributed by atoms with E-state index >= 15 is 0 Å². The second kappa shape index (κ2) is 4.08. The molecule has 1 saturated heterocycles. The van der Waals surface area contributed by atoms with Crippen molar-refractivity contribution in [3.63, 3.8) is 0 Å². The molecule has 0 aromatic carbocycles. The van der Waals surface area contributed by atoms with Gasteiger partial charge in [-0.15, -0.1) is 0 Å². The number of aliphatic hydroxyl groups excluding tert-OH is 2. The number of hydrogen-bond donors (Lipinski definition) is 3. The Labute approximate surface area is 106 Å². The molecule has 2 aromatic heterocycles. The van der Waals surface area contributed by atoms with E-state index in [2.05, 4.69) is 15.0 Å². The van der Waals surface area contributed by atoms with Crippen LogP contribution in [-0.2, 0) is 10.7 Å². The summed E-state index contributed by atoms with van der Waals surface area (Å²) in [6.07, 6.45) is 0.0746. The topological polar surface area (TPSA) is 119 Å². The van der Waals surface area contributed by atoms with Crippen molar-refractivity contribution < 1.29 is 19.3 Å². The number of fused-ring (bicyclic) bond motifs is 1. The van der Waals surface area contributed by atoms with Gasteiger partial charge in [0.2, 0.25) is 0 Å². The summed E-state index contributed by atoms with van der Waals surface area (Å²) in [5.74, 6) is -2.42. The zero-order valence-corrected chi connectivity index (χ0v) is 9.77. The standard InChI is InChI=1S/C10H12FN5O3/c11-10(6(18)1-5(2-17)19-10)16-4-15-7-8(12)13-3-14-9(7)16/h3-6,17-18H,1-2H2,(H2,12,13,14)/t5-,6+,10-/m0/s1. The summed E-state index contributed by atoms with van der Waals surface area (Å²) in [4.78, 5) is 11.6. The van der Waals surface area contributed by atoms with Crippen LogP contribution in [0.25, 0.3) is 11.2 Å². The molecule has 4 N–H and O–H groups in total. The monoisotopic (exact) mass is 269 g/mol. The first-order valence-corrected chi connectivity index (χ1v) is 5.66. The molecule has 0 amide bonds.